The monoisotopic (exact) mass is 554 g/mol. The second-order valence-corrected chi connectivity index (χ2v) is 11.2. The predicted molar refractivity (Wildman–Crippen MR) is 155 cm³/mol. The van der Waals surface area contributed by atoms with E-state index in [4.69, 9.17) is 4.74 Å². The van der Waals surface area contributed by atoms with Crippen LogP contribution in [0.1, 0.15) is 102 Å². The zero-order valence-electron chi connectivity index (χ0n) is 23.9. The van der Waals surface area contributed by atoms with Gasteiger partial charge in [0.2, 0.25) is 0 Å². The highest BCUT2D eigenvalue weighted by Gasteiger charge is 2.27. The number of unbranched alkanes of at least 4 members (excludes halogenated alkanes) is 6. The number of halogens is 4. The molecule has 0 radical (unpaired) electrons. The van der Waals surface area contributed by atoms with Crippen molar-refractivity contribution in [1.29, 1.82) is 0 Å². The minimum atomic E-state index is -0.917. The highest BCUT2D eigenvalue weighted by molar-refractivity contribution is 5.71. The molecule has 3 aromatic rings. The molecule has 1 nitrogen and oxygen atoms in total. The maximum absolute atomic E-state index is 15.2. The standard InChI is InChI=1S/C35H42F4O/c1-3-5-7-8-10-12-27-18-19-28(33(37)32(27)36)25-14-16-26(17-15-25)29-20-21-30(35(39)34(29)38)31-22-13-24(23-40-31)11-9-6-4-2/h14-21,24,31H,3-13,22-23H2,1-2H3. The first kappa shape index (κ1) is 30.3. The van der Waals surface area contributed by atoms with E-state index in [1.165, 1.54) is 19.3 Å². The van der Waals surface area contributed by atoms with Gasteiger partial charge in [0.25, 0.3) is 0 Å². The third-order valence-electron chi connectivity index (χ3n) is 8.26. The van der Waals surface area contributed by atoms with Crippen LogP contribution in [0.15, 0.2) is 48.5 Å². The van der Waals surface area contributed by atoms with E-state index in [2.05, 4.69) is 13.8 Å². The molecule has 1 saturated heterocycles. The van der Waals surface area contributed by atoms with E-state index in [1.54, 1.807) is 48.5 Å². The molecule has 3 aromatic carbocycles. The summed E-state index contributed by atoms with van der Waals surface area (Å²) in [7, 11) is 0. The van der Waals surface area contributed by atoms with Crippen LogP contribution in [0.3, 0.4) is 0 Å². The van der Waals surface area contributed by atoms with Crippen molar-refractivity contribution in [2.24, 2.45) is 5.92 Å². The molecule has 216 valence electrons. The first-order valence-corrected chi connectivity index (χ1v) is 15.1. The van der Waals surface area contributed by atoms with Crippen molar-refractivity contribution in [3.63, 3.8) is 0 Å². The summed E-state index contributed by atoms with van der Waals surface area (Å²) >= 11 is 0. The lowest BCUT2D eigenvalue weighted by Crippen LogP contribution is -2.21. The van der Waals surface area contributed by atoms with Gasteiger partial charge in [-0.1, -0.05) is 107 Å². The molecule has 5 heteroatoms. The van der Waals surface area contributed by atoms with Gasteiger partial charge in [0.15, 0.2) is 23.3 Å². The minimum absolute atomic E-state index is 0.131. The van der Waals surface area contributed by atoms with Crippen LogP contribution in [0.4, 0.5) is 17.6 Å². The van der Waals surface area contributed by atoms with Gasteiger partial charge in [0.05, 0.1) is 12.7 Å². The average molecular weight is 555 g/mol. The lowest BCUT2D eigenvalue weighted by atomic mass is 9.90. The lowest BCUT2D eigenvalue weighted by Gasteiger charge is -2.29. The Morgan fingerprint density at radius 3 is 1.85 bits per heavy atom. The van der Waals surface area contributed by atoms with Crippen molar-refractivity contribution in [3.05, 3.63) is 82.9 Å². The molecule has 40 heavy (non-hydrogen) atoms. The SMILES string of the molecule is CCCCCCCc1ccc(-c2ccc(-c3ccc(C4CCC(CCCCC)CO4)c(F)c3F)cc2)c(F)c1F. The fourth-order valence-electron chi connectivity index (χ4n) is 5.75. The maximum Gasteiger partial charge on any atom is 0.167 e. The first-order chi connectivity index (χ1) is 19.4. The average Bonchev–Trinajstić information content (AvgIpc) is 2.97. The molecule has 0 bridgehead atoms. The van der Waals surface area contributed by atoms with Gasteiger partial charge in [-0.15, -0.1) is 0 Å². The van der Waals surface area contributed by atoms with Crippen molar-refractivity contribution in [2.75, 3.05) is 6.61 Å². The van der Waals surface area contributed by atoms with Crippen LogP contribution in [0.5, 0.6) is 0 Å². The van der Waals surface area contributed by atoms with E-state index < -0.39 is 29.4 Å². The molecule has 1 aliphatic heterocycles. The molecule has 1 heterocycles. The van der Waals surface area contributed by atoms with Crippen molar-refractivity contribution in [3.8, 4) is 22.3 Å². The van der Waals surface area contributed by atoms with Crippen molar-refractivity contribution < 1.29 is 22.3 Å². The summed E-state index contributed by atoms with van der Waals surface area (Å²) in [6.45, 7) is 4.90. The predicted octanol–water partition coefficient (Wildman–Crippen LogP) is 11.1. The summed E-state index contributed by atoms with van der Waals surface area (Å²) in [5.41, 5.74) is 1.89. The highest BCUT2D eigenvalue weighted by atomic mass is 19.2. The molecule has 2 atom stereocenters. The zero-order valence-corrected chi connectivity index (χ0v) is 23.9. The number of hydrogen-bond acceptors (Lipinski definition) is 1. The van der Waals surface area contributed by atoms with E-state index in [1.807, 2.05) is 0 Å². The highest BCUT2D eigenvalue weighted by Crippen LogP contribution is 2.37. The minimum Gasteiger partial charge on any atom is -0.373 e. The number of rotatable bonds is 13. The second-order valence-electron chi connectivity index (χ2n) is 11.2. The third-order valence-corrected chi connectivity index (χ3v) is 8.26. The van der Waals surface area contributed by atoms with Gasteiger partial charge in [-0.05, 0) is 54.7 Å². The molecule has 0 aromatic heterocycles. The molecular formula is C35H42F4O. The zero-order chi connectivity index (χ0) is 28.5. The van der Waals surface area contributed by atoms with Crippen molar-refractivity contribution in [2.45, 2.75) is 97.0 Å². The Morgan fingerprint density at radius 1 is 0.625 bits per heavy atom. The largest absolute Gasteiger partial charge is 0.373 e. The summed E-state index contributed by atoms with van der Waals surface area (Å²) in [6, 6.07) is 12.9. The van der Waals surface area contributed by atoms with E-state index >= 15 is 8.78 Å². The van der Waals surface area contributed by atoms with Gasteiger partial charge in [-0.2, -0.15) is 0 Å². The molecule has 0 saturated carbocycles. The van der Waals surface area contributed by atoms with Crippen molar-refractivity contribution in [1.82, 2.24) is 0 Å². The normalized spacial score (nSPS) is 17.4. The Bertz CT molecular complexity index is 1230. The molecule has 1 fully saturated rings. The van der Waals surface area contributed by atoms with Crippen LogP contribution in [0.2, 0.25) is 0 Å². The van der Waals surface area contributed by atoms with Gasteiger partial charge in [-0.3, -0.25) is 0 Å². The smallest absolute Gasteiger partial charge is 0.167 e. The summed E-state index contributed by atoms with van der Waals surface area (Å²) in [5, 5.41) is 0. The summed E-state index contributed by atoms with van der Waals surface area (Å²) in [6.07, 6.45) is 11.6. The lowest BCUT2D eigenvalue weighted by molar-refractivity contribution is -0.0218. The van der Waals surface area contributed by atoms with Gasteiger partial charge in [0, 0.05) is 16.7 Å². The van der Waals surface area contributed by atoms with Crippen molar-refractivity contribution >= 4 is 0 Å². The Labute approximate surface area is 237 Å². The molecule has 2 unspecified atom stereocenters. The maximum atomic E-state index is 15.2. The summed E-state index contributed by atoms with van der Waals surface area (Å²) in [4.78, 5) is 0. The second kappa shape index (κ2) is 14.8. The van der Waals surface area contributed by atoms with Gasteiger partial charge < -0.3 is 4.74 Å². The van der Waals surface area contributed by atoms with Crippen LogP contribution >= 0.6 is 0 Å². The van der Waals surface area contributed by atoms with Crippen LogP contribution in [0.25, 0.3) is 22.3 Å². The third kappa shape index (κ3) is 7.34. The first-order valence-electron chi connectivity index (χ1n) is 15.1. The van der Waals surface area contributed by atoms with Gasteiger partial charge in [0.1, 0.15) is 0 Å². The number of aryl methyl sites for hydroxylation is 1. The molecule has 0 amide bonds. The van der Waals surface area contributed by atoms with E-state index in [9.17, 15) is 8.78 Å². The Hall–Kier alpha value is -2.66. The van der Waals surface area contributed by atoms with Gasteiger partial charge in [-0.25, -0.2) is 17.6 Å². The molecule has 1 aliphatic rings. The molecule has 0 N–H and O–H groups in total. The quantitative estimate of drug-likeness (QED) is 0.151. The topological polar surface area (TPSA) is 9.23 Å². The van der Waals surface area contributed by atoms with E-state index in [-0.39, 0.29) is 16.7 Å². The van der Waals surface area contributed by atoms with Crippen LogP contribution < -0.4 is 0 Å². The molecular weight excluding hydrogens is 512 g/mol. The van der Waals surface area contributed by atoms with E-state index in [0.717, 1.165) is 44.9 Å². The molecule has 0 spiro atoms. The molecule has 4 rings (SSSR count). The van der Waals surface area contributed by atoms with Crippen LogP contribution in [-0.2, 0) is 11.2 Å². The Balaban J connectivity index is 1.43. The van der Waals surface area contributed by atoms with E-state index in [0.29, 0.717) is 42.1 Å². The number of ether oxygens (including phenoxy) is 1. The number of benzene rings is 3. The number of hydrogen-bond donors (Lipinski definition) is 0. The van der Waals surface area contributed by atoms with Crippen LogP contribution in [-0.4, -0.2) is 6.61 Å². The summed E-state index contributed by atoms with van der Waals surface area (Å²) < 4.78 is 66.0. The summed E-state index contributed by atoms with van der Waals surface area (Å²) in [5.74, 6) is -2.99. The molecule has 0 aliphatic carbocycles. The Morgan fingerprint density at radius 2 is 1.23 bits per heavy atom. The fraction of sp³-hybridized carbons (Fsp3) is 0.486. The fourth-order valence-corrected chi connectivity index (χ4v) is 5.75. The van der Waals surface area contributed by atoms with Gasteiger partial charge >= 0.3 is 0 Å². The Kier molecular flexibility index (Phi) is 11.2. The van der Waals surface area contributed by atoms with Crippen LogP contribution in [0, 0.1) is 29.2 Å².